The molecular formula is C16H25BrN2O. The molecule has 0 aliphatic carbocycles. The van der Waals surface area contributed by atoms with Gasteiger partial charge in [0, 0.05) is 36.9 Å². The summed E-state index contributed by atoms with van der Waals surface area (Å²) < 4.78 is 6.63. The molecule has 20 heavy (non-hydrogen) atoms. The molecule has 2 rings (SSSR count). The lowest BCUT2D eigenvalue weighted by atomic mass is 10.1. The summed E-state index contributed by atoms with van der Waals surface area (Å²) in [5.41, 5.74) is 2.64. The number of halogens is 1. The monoisotopic (exact) mass is 340 g/mol. The smallest absolute Gasteiger partial charge is 0.0605 e. The van der Waals surface area contributed by atoms with Crippen LogP contribution in [0.1, 0.15) is 31.7 Å². The fourth-order valence-corrected chi connectivity index (χ4v) is 3.13. The largest absolute Gasteiger partial charge is 0.381 e. The summed E-state index contributed by atoms with van der Waals surface area (Å²) >= 11 is 3.70. The zero-order valence-corrected chi connectivity index (χ0v) is 14.1. The molecule has 1 aromatic rings. The Morgan fingerprint density at radius 3 is 2.70 bits per heavy atom. The molecule has 0 saturated carbocycles. The Labute approximate surface area is 130 Å². The van der Waals surface area contributed by atoms with Gasteiger partial charge in [0.05, 0.1) is 6.10 Å². The van der Waals surface area contributed by atoms with Crippen LogP contribution in [-0.2, 0) is 11.3 Å². The summed E-state index contributed by atoms with van der Waals surface area (Å²) in [5, 5.41) is 3.44. The number of rotatable bonds is 6. The van der Waals surface area contributed by atoms with Crippen LogP contribution >= 0.6 is 15.9 Å². The van der Waals surface area contributed by atoms with E-state index in [0.29, 0.717) is 6.10 Å². The SMILES string of the molecule is CCCNCc1ccc(N2CCC(OC)CC2)cc1Br. The van der Waals surface area contributed by atoms with Crippen LogP contribution in [0.4, 0.5) is 5.69 Å². The third kappa shape index (κ3) is 4.21. The zero-order valence-electron chi connectivity index (χ0n) is 12.5. The van der Waals surface area contributed by atoms with Crippen molar-refractivity contribution in [1.29, 1.82) is 0 Å². The van der Waals surface area contributed by atoms with Crippen LogP contribution < -0.4 is 10.2 Å². The van der Waals surface area contributed by atoms with Gasteiger partial charge in [-0.3, -0.25) is 0 Å². The maximum Gasteiger partial charge on any atom is 0.0605 e. The molecule has 0 unspecified atom stereocenters. The molecule has 1 heterocycles. The Kier molecular flexibility index (Phi) is 6.33. The zero-order chi connectivity index (χ0) is 14.4. The van der Waals surface area contributed by atoms with Crippen molar-refractivity contribution in [3.05, 3.63) is 28.2 Å². The van der Waals surface area contributed by atoms with Crippen molar-refractivity contribution in [2.45, 2.75) is 38.8 Å². The average molecular weight is 341 g/mol. The van der Waals surface area contributed by atoms with Crippen molar-refractivity contribution in [1.82, 2.24) is 5.32 Å². The van der Waals surface area contributed by atoms with Crippen molar-refractivity contribution >= 4 is 21.6 Å². The van der Waals surface area contributed by atoms with Crippen molar-refractivity contribution in [3.8, 4) is 0 Å². The molecule has 0 amide bonds. The van der Waals surface area contributed by atoms with E-state index in [1.54, 1.807) is 0 Å². The van der Waals surface area contributed by atoms with E-state index in [9.17, 15) is 0 Å². The normalized spacial score (nSPS) is 16.6. The van der Waals surface area contributed by atoms with E-state index >= 15 is 0 Å². The molecule has 1 aromatic carbocycles. The van der Waals surface area contributed by atoms with Gasteiger partial charge in [0.15, 0.2) is 0 Å². The summed E-state index contributed by atoms with van der Waals surface area (Å²) in [5.74, 6) is 0. The lowest BCUT2D eigenvalue weighted by molar-refractivity contribution is 0.0819. The van der Waals surface area contributed by atoms with Crippen LogP contribution in [0, 0.1) is 0 Å². The minimum Gasteiger partial charge on any atom is -0.381 e. The second-order valence-corrected chi connectivity index (χ2v) is 6.23. The molecule has 0 aromatic heterocycles. The molecule has 1 saturated heterocycles. The van der Waals surface area contributed by atoms with Crippen molar-refractivity contribution in [3.63, 3.8) is 0 Å². The fraction of sp³-hybridized carbons (Fsp3) is 0.625. The maximum atomic E-state index is 5.43. The lowest BCUT2D eigenvalue weighted by Crippen LogP contribution is -2.36. The summed E-state index contributed by atoms with van der Waals surface area (Å²) in [4.78, 5) is 2.45. The van der Waals surface area contributed by atoms with Gasteiger partial charge in [0.1, 0.15) is 0 Å². The summed E-state index contributed by atoms with van der Waals surface area (Å²) in [6.45, 7) is 6.35. The van der Waals surface area contributed by atoms with Gasteiger partial charge in [-0.2, -0.15) is 0 Å². The molecule has 4 heteroatoms. The van der Waals surface area contributed by atoms with Gasteiger partial charge in [-0.25, -0.2) is 0 Å². The highest BCUT2D eigenvalue weighted by Gasteiger charge is 2.19. The third-order valence-electron chi connectivity index (χ3n) is 3.92. The predicted molar refractivity (Wildman–Crippen MR) is 88.4 cm³/mol. The van der Waals surface area contributed by atoms with E-state index in [0.717, 1.165) is 39.0 Å². The van der Waals surface area contributed by atoms with Gasteiger partial charge >= 0.3 is 0 Å². The number of piperidine rings is 1. The number of methoxy groups -OCH3 is 1. The first-order valence-electron chi connectivity index (χ1n) is 7.51. The number of nitrogens with zero attached hydrogens (tertiary/aromatic N) is 1. The number of benzene rings is 1. The number of nitrogens with one attached hydrogen (secondary N) is 1. The van der Waals surface area contributed by atoms with Gasteiger partial charge in [-0.05, 0) is 43.5 Å². The second-order valence-electron chi connectivity index (χ2n) is 5.37. The predicted octanol–water partition coefficient (Wildman–Crippen LogP) is 3.56. The minimum absolute atomic E-state index is 0.437. The first-order chi connectivity index (χ1) is 9.74. The molecular weight excluding hydrogens is 316 g/mol. The Morgan fingerprint density at radius 1 is 1.35 bits per heavy atom. The van der Waals surface area contributed by atoms with Crippen LogP contribution in [0.5, 0.6) is 0 Å². The molecule has 0 spiro atoms. The van der Waals surface area contributed by atoms with Crippen molar-refractivity contribution < 1.29 is 4.74 Å². The Hall–Kier alpha value is -0.580. The van der Waals surface area contributed by atoms with E-state index in [2.05, 4.69) is 51.3 Å². The van der Waals surface area contributed by atoms with E-state index in [-0.39, 0.29) is 0 Å². The van der Waals surface area contributed by atoms with Crippen LogP contribution in [0.3, 0.4) is 0 Å². The van der Waals surface area contributed by atoms with Crippen LogP contribution in [0.15, 0.2) is 22.7 Å². The van der Waals surface area contributed by atoms with Gasteiger partial charge in [0.2, 0.25) is 0 Å². The lowest BCUT2D eigenvalue weighted by Gasteiger charge is -2.33. The van der Waals surface area contributed by atoms with E-state index < -0.39 is 0 Å². The average Bonchev–Trinajstić information content (AvgIpc) is 2.49. The molecule has 1 fully saturated rings. The molecule has 0 bridgehead atoms. The van der Waals surface area contributed by atoms with Crippen LogP contribution in [-0.4, -0.2) is 32.8 Å². The highest BCUT2D eigenvalue weighted by Crippen LogP contribution is 2.27. The topological polar surface area (TPSA) is 24.5 Å². The summed E-state index contributed by atoms with van der Waals surface area (Å²) in [6, 6.07) is 6.71. The van der Waals surface area contributed by atoms with Crippen LogP contribution in [0.2, 0.25) is 0 Å². The van der Waals surface area contributed by atoms with Crippen LogP contribution in [0.25, 0.3) is 0 Å². The van der Waals surface area contributed by atoms with E-state index in [1.165, 1.54) is 22.1 Å². The minimum atomic E-state index is 0.437. The van der Waals surface area contributed by atoms with Gasteiger partial charge in [-0.1, -0.05) is 28.9 Å². The number of anilines is 1. The van der Waals surface area contributed by atoms with Gasteiger partial charge in [0.25, 0.3) is 0 Å². The summed E-state index contributed by atoms with van der Waals surface area (Å²) in [6.07, 6.45) is 3.85. The van der Waals surface area contributed by atoms with E-state index in [4.69, 9.17) is 4.74 Å². The Balaban J connectivity index is 1.95. The highest BCUT2D eigenvalue weighted by molar-refractivity contribution is 9.10. The maximum absolute atomic E-state index is 5.43. The quantitative estimate of drug-likeness (QED) is 0.801. The van der Waals surface area contributed by atoms with Crippen molar-refractivity contribution in [2.24, 2.45) is 0 Å². The first kappa shape index (κ1) is 15.8. The highest BCUT2D eigenvalue weighted by atomic mass is 79.9. The third-order valence-corrected chi connectivity index (χ3v) is 4.66. The second kappa shape index (κ2) is 8.01. The first-order valence-corrected chi connectivity index (χ1v) is 8.30. The molecule has 1 aliphatic heterocycles. The van der Waals surface area contributed by atoms with Gasteiger partial charge in [-0.15, -0.1) is 0 Å². The number of ether oxygens (including phenoxy) is 1. The molecule has 3 nitrogen and oxygen atoms in total. The van der Waals surface area contributed by atoms with E-state index in [1.807, 2.05) is 7.11 Å². The van der Waals surface area contributed by atoms with Crippen molar-refractivity contribution in [2.75, 3.05) is 31.6 Å². The number of hydrogen-bond acceptors (Lipinski definition) is 3. The Morgan fingerprint density at radius 2 is 2.10 bits per heavy atom. The molecule has 1 N–H and O–H groups in total. The molecule has 1 aliphatic rings. The standard InChI is InChI=1S/C16H25BrN2O/c1-3-8-18-12-13-4-5-14(11-16(13)17)19-9-6-15(20-2)7-10-19/h4-5,11,15,18H,3,6-10,12H2,1-2H3. The molecule has 0 radical (unpaired) electrons. The number of hydrogen-bond donors (Lipinski definition) is 1. The molecule has 0 atom stereocenters. The fourth-order valence-electron chi connectivity index (χ4n) is 2.63. The Bertz CT molecular complexity index is 417. The summed E-state index contributed by atoms with van der Waals surface area (Å²) in [7, 11) is 1.81. The molecule has 112 valence electrons. The van der Waals surface area contributed by atoms with Gasteiger partial charge < -0.3 is 15.0 Å².